The molecular weight excluding hydrogens is 136 g/mol. The predicted octanol–water partition coefficient (Wildman–Crippen LogP) is 1.21. The first-order chi connectivity index (χ1) is 5.38. The van der Waals surface area contributed by atoms with Crippen molar-refractivity contribution < 1.29 is 0 Å². The van der Waals surface area contributed by atoms with Crippen LogP contribution in [0.5, 0.6) is 0 Å². The molecule has 0 unspecified atom stereocenters. The molecule has 1 fully saturated rings. The third-order valence-electron chi connectivity index (χ3n) is 2.64. The molecule has 2 N–H and O–H groups in total. The summed E-state index contributed by atoms with van der Waals surface area (Å²) >= 11 is 0. The first-order valence-electron chi connectivity index (χ1n) is 4.82. The van der Waals surface area contributed by atoms with Gasteiger partial charge in [0.1, 0.15) is 0 Å². The van der Waals surface area contributed by atoms with Gasteiger partial charge in [0.05, 0.1) is 0 Å². The Labute approximate surface area is 69.8 Å². The molecule has 11 heavy (non-hydrogen) atoms. The molecular formula is C9H20N2. The molecule has 0 aromatic heterocycles. The zero-order valence-electron chi connectivity index (χ0n) is 7.55. The van der Waals surface area contributed by atoms with Crippen LogP contribution in [-0.2, 0) is 0 Å². The topological polar surface area (TPSA) is 29.3 Å². The molecule has 1 heterocycles. The molecule has 0 radical (unpaired) electrons. The molecule has 0 aliphatic carbocycles. The molecule has 1 rings (SSSR count). The number of rotatable bonds is 3. The Morgan fingerprint density at radius 2 is 2.27 bits per heavy atom. The van der Waals surface area contributed by atoms with Gasteiger partial charge >= 0.3 is 0 Å². The SMILES string of the molecule is CC[C@H]1CCCCN1CCN. The fourth-order valence-electron chi connectivity index (χ4n) is 1.98. The lowest BCUT2D eigenvalue weighted by Gasteiger charge is -2.34. The van der Waals surface area contributed by atoms with Crippen molar-refractivity contribution in [2.24, 2.45) is 5.73 Å². The smallest absolute Gasteiger partial charge is 0.0108 e. The lowest BCUT2D eigenvalue weighted by Crippen LogP contribution is -2.41. The second kappa shape index (κ2) is 4.73. The summed E-state index contributed by atoms with van der Waals surface area (Å²) < 4.78 is 0. The minimum Gasteiger partial charge on any atom is -0.329 e. The number of nitrogens with zero attached hydrogens (tertiary/aromatic N) is 1. The summed E-state index contributed by atoms with van der Waals surface area (Å²) in [5.41, 5.74) is 5.53. The maximum atomic E-state index is 5.53. The Morgan fingerprint density at radius 1 is 1.45 bits per heavy atom. The highest BCUT2D eigenvalue weighted by Gasteiger charge is 2.18. The van der Waals surface area contributed by atoms with Gasteiger partial charge in [-0.25, -0.2) is 0 Å². The molecule has 0 saturated carbocycles. The maximum Gasteiger partial charge on any atom is 0.0108 e. The number of piperidine rings is 1. The summed E-state index contributed by atoms with van der Waals surface area (Å²) in [5, 5.41) is 0. The summed E-state index contributed by atoms with van der Waals surface area (Å²) in [7, 11) is 0. The summed E-state index contributed by atoms with van der Waals surface area (Å²) in [6.07, 6.45) is 5.46. The van der Waals surface area contributed by atoms with E-state index in [2.05, 4.69) is 11.8 Å². The van der Waals surface area contributed by atoms with Crippen LogP contribution >= 0.6 is 0 Å². The third kappa shape index (κ3) is 2.46. The van der Waals surface area contributed by atoms with Crippen molar-refractivity contribution in [3.8, 4) is 0 Å². The Kier molecular flexibility index (Phi) is 3.87. The molecule has 1 aliphatic rings. The van der Waals surface area contributed by atoms with E-state index in [1.165, 1.54) is 32.2 Å². The second-order valence-electron chi connectivity index (χ2n) is 3.38. The third-order valence-corrected chi connectivity index (χ3v) is 2.64. The fourth-order valence-corrected chi connectivity index (χ4v) is 1.98. The van der Waals surface area contributed by atoms with E-state index in [1.54, 1.807) is 0 Å². The first-order valence-corrected chi connectivity index (χ1v) is 4.82. The van der Waals surface area contributed by atoms with Gasteiger partial charge in [0.2, 0.25) is 0 Å². The lowest BCUT2D eigenvalue weighted by molar-refractivity contribution is 0.148. The van der Waals surface area contributed by atoms with Crippen molar-refractivity contribution in [2.45, 2.75) is 38.6 Å². The van der Waals surface area contributed by atoms with Crippen LogP contribution in [0, 0.1) is 0 Å². The molecule has 1 aliphatic heterocycles. The van der Waals surface area contributed by atoms with Crippen LogP contribution in [0.1, 0.15) is 32.6 Å². The number of likely N-dealkylation sites (tertiary alicyclic amines) is 1. The average Bonchev–Trinajstić information content (AvgIpc) is 2.06. The van der Waals surface area contributed by atoms with Crippen LogP contribution in [-0.4, -0.2) is 30.6 Å². The Hall–Kier alpha value is -0.0800. The standard InChI is InChI=1S/C9H20N2/c1-2-9-5-3-4-7-11(9)8-6-10/h9H,2-8,10H2,1H3/t9-/m0/s1. The first kappa shape index (κ1) is 9.01. The van der Waals surface area contributed by atoms with Crippen molar-refractivity contribution in [3.63, 3.8) is 0 Å². The van der Waals surface area contributed by atoms with E-state index >= 15 is 0 Å². The van der Waals surface area contributed by atoms with Crippen LogP contribution < -0.4 is 5.73 Å². The highest BCUT2D eigenvalue weighted by Crippen LogP contribution is 2.18. The normalized spacial score (nSPS) is 27.3. The summed E-state index contributed by atoms with van der Waals surface area (Å²) in [5.74, 6) is 0. The van der Waals surface area contributed by atoms with E-state index in [0.29, 0.717) is 0 Å². The van der Waals surface area contributed by atoms with E-state index < -0.39 is 0 Å². The lowest BCUT2D eigenvalue weighted by atomic mass is 10.0. The largest absolute Gasteiger partial charge is 0.329 e. The van der Waals surface area contributed by atoms with Crippen molar-refractivity contribution in [3.05, 3.63) is 0 Å². The van der Waals surface area contributed by atoms with E-state index in [4.69, 9.17) is 5.73 Å². The van der Waals surface area contributed by atoms with Gasteiger partial charge in [-0.1, -0.05) is 13.3 Å². The van der Waals surface area contributed by atoms with Crippen LogP contribution in [0.15, 0.2) is 0 Å². The van der Waals surface area contributed by atoms with E-state index in [-0.39, 0.29) is 0 Å². The summed E-state index contributed by atoms with van der Waals surface area (Å²) in [6, 6.07) is 0.826. The molecule has 0 bridgehead atoms. The zero-order chi connectivity index (χ0) is 8.10. The second-order valence-corrected chi connectivity index (χ2v) is 3.38. The summed E-state index contributed by atoms with van der Waals surface area (Å²) in [6.45, 7) is 5.46. The predicted molar refractivity (Wildman–Crippen MR) is 48.6 cm³/mol. The summed E-state index contributed by atoms with van der Waals surface area (Å²) in [4.78, 5) is 2.55. The molecule has 1 atom stereocenters. The monoisotopic (exact) mass is 156 g/mol. The van der Waals surface area contributed by atoms with Crippen LogP contribution in [0.3, 0.4) is 0 Å². The van der Waals surface area contributed by atoms with Crippen molar-refractivity contribution in [1.82, 2.24) is 4.90 Å². The van der Waals surface area contributed by atoms with Gasteiger partial charge in [-0.15, -0.1) is 0 Å². The molecule has 1 saturated heterocycles. The fraction of sp³-hybridized carbons (Fsp3) is 1.00. The molecule has 66 valence electrons. The quantitative estimate of drug-likeness (QED) is 0.665. The van der Waals surface area contributed by atoms with E-state index in [0.717, 1.165) is 19.1 Å². The highest BCUT2D eigenvalue weighted by atomic mass is 15.2. The van der Waals surface area contributed by atoms with Gasteiger partial charge in [0, 0.05) is 19.1 Å². The van der Waals surface area contributed by atoms with Crippen LogP contribution in [0.4, 0.5) is 0 Å². The number of nitrogens with two attached hydrogens (primary N) is 1. The minimum absolute atomic E-state index is 0.816. The average molecular weight is 156 g/mol. The van der Waals surface area contributed by atoms with Crippen LogP contribution in [0.25, 0.3) is 0 Å². The van der Waals surface area contributed by atoms with Gasteiger partial charge in [-0.3, -0.25) is 4.90 Å². The van der Waals surface area contributed by atoms with Crippen LogP contribution in [0.2, 0.25) is 0 Å². The van der Waals surface area contributed by atoms with Crippen molar-refractivity contribution in [1.29, 1.82) is 0 Å². The molecule has 0 aromatic rings. The molecule has 2 heteroatoms. The van der Waals surface area contributed by atoms with Gasteiger partial charge < -0.3 is 5.73 Å². The van der Waals surface area contributed by atoms with E-state index in [1.807, 2.05) is 0 Å². The zero-order valence-corrected chi connectivity index (χ0v) is 7.55. The molecule has 2 nitrogen and oxygen atoms in total. The van der Waals surface area contributed by atoms with Crippen molar-refractivity contribution >= 4 is 0 Å². The number of hydrogen-bond donors (Lipinski definition) is 1. The minimum atomic E-state index is 0.816. The molecule has 0 amide bonds. The highest BCUT2D eigenvalue weighted by molar-refractivity contribution is 4.75. The number of hydrogen-bond acceptors (Lipinski definition) is 2. The van der Waals surface area contributed by atoms with E-state index in [9.17, 15) is 0 Å². The molecule has 0 spiro atoms. The van der Waals surface area contributed by atoms with Gasteiger partial charge in [-0.2, -0.15) is 0 Å². The van der Waals surface area contributed by atoms with Gasteiger partial charge in [-0.05, 0) is 25.8 Å². The maximum absolute atomic E-state index is 5.53. The van der Waals surface area contributed by atoms with Gasteiger partial charge in [0.25, 0.3) is 0 Å². The Bertz CT molecular complexity index is 102. The Balaban J connectivity index is 2.31. The molecule has 0 aromatic carbocycles. The van der Waals surface area contributed by atoms with Crippen molar-refractivity contribution in [2.75, 3.05) is 19.6 Å². The van der Waals surface area contributed by atoms with Gasteiger partial charge in [0.15, 0.2) is 0 Å². The Morgan fingerprint density at radius 3 is 2.91 bits per heavy atom.